The standard InChI is InChI=1S/C14H16IN3O/c15-9-6-7-12-11(8-9)13(19)18-14(17-12)16-10-4-2-1-3-5-10/h6-10H,1-5H2,(H,16,18,19). The number of guanidine groups is 1. The number of fused-ring (bicyclic) bond motifs is 1. The third-order valence-electron chi connectivity index (χ3n) is 3.62. The SMILES string of the molecule is O=C1NC(=NC2CCCCC2)N=C2C=CC(I)C=C12. The van der Waals surface area contributed by atoms with Gasteiger partial charge in [-0.15, -0.1) is 0 Å². The van der Waals surface area contributed by atoms with Crippen LogP contribution in [0.3, 0.4) is 0 Å². The second-order valence-corrected chi connectivity index (χ2v) is 6.52. The maximum Gasteiger partial charge on any atom is 0.259 e. The van der Waals surface area contributed by atoms with E-state index >= 15 is 0 Å². The number of hydrogen-bond acceptors (Lipinski definition) is 2. The molecule has 1 amide bonds. The lowest BCUT2D eigenvalue weighted by molar-refractivity contribution is -0.115. The lowest BCUT2D eigenvalue weighted by atomic mass is 9.96. The lowest BCUT2D eigenvalue weighted by Crippen LogP contribution is -2.39. The van der Waals surface area contributed by atoms with Gasteiger partial charge in [0.1, 0.15) is 0 Å². The molecule has 5 heteroatoms. The van der Waals surface area contributed by atoms with Crippen LogP contribution in [-0.2, 0) is 4.79 Å². The highest BCUT2D eigenvalue weighted by Crippen LogP contribution is 2.22. The Kier molecular flexibility index (Phi) is 3.81. The van der Waals surface area contributed by atoms with Crippen molar-refractivity contribution in [2.75, 3.05) is 0 Å². The van der Waals surface area contributed by atoms with Gasteiger partial charge >= 0.3 is 0 Å². The summed E-state index contributed by atoms with van der Waals surface area (Å²) in [4.78, 5) is 21.1. The zero-order valence-electron chi connectivity index (χ0n) is 10.6. The quantitative estimate of drug-likeness (QED) is 0.561. The molecule has 19 heavy (non-hydrogen) atoms. The van der Waals surface area contributed by atoms with Crippen molar-refractivity contribution in [2.45, 2.75) is 42.1 Å². The minimum atomic E-state index is -0.0782. The second kappa shape index (κ2) is 5.56. The van der Waals surface area contributed by atoms with Crippen molar-refractivity contribution in [2.24, 2.45) is 9.98 Å². The fraction of sp³-hybridized carbons (Fsp3) is 0.500. The Balaban J connectivity index is 1.84. The van der Waals surface area contributed by atoms with Crippen molar-refractivity contribution in [3.63, 3.8) is 0 Å². The Morgan fingerprint density at radius 2 is 2.11 bits per heavy atom. The summed E-state index contributed by atoms with van der Waals surface area (Å²) in [5, 5.41) is 2.80. The highest BCUT2D eigenvalue weighted by molar-refractivity contribution is 14.1. The first-order valence-corrected chi connectivity index (χ1v) is 7.99. The van der Waals surface area contributed by atoms with Crippen LogP contribution in [0, 0.1) is 0 Å². The largest absolute Gasteiger partial charge is 0.291 e. The Morgan fingerprint density at radius 3 is 2.89 bits per heavy atom. The number of nitrogens with zero attached hydrogens (tertiary/aromatic N) is 2. The van der Waals surface area contributed by atoms with E-state index in [4.69, 9.17) is 0 Å². The molecule has 0 aromatic heterocycles. The average Bonchev–Trinajstić information content (AvgIpc) is 2.41. The van der Waals surface area contributed by atoms with Gasteiger partial charge in [-0.2, -0.15) is 0 Å². The monoisotopic (exact) mass is 369 g/mol. The number of amides is 1. The summed E-state index contributed by atoms with van der Waals surface area (Å²) in [6, 6.07) is 0.323. The van der Waals surface area contributed by atoms with Crippen LogP contribution in [0.1, 0.15) is 32.1 Å². The molecule has 0 saturated heterocycles. The highest BCUT2D eigenvalue weighted by atomic mass is 127. The molecule has 1 atom stereocenters. The first-order valence-electron chi connectivity index (χ1n) is 6.75. The van der Waals surface area contributed by atoms with E-state index in [-0.39, 0.29) is 9.83 Å². The Hall–Kier alpha value is -0.980. The minimum absolute atomic E-state index is 0.0782. The smallest absolute Gasteiger partial charge is 0.259 e. The summed E-state index contributed by atoms with van der Waals surface area (Å²) in [5.41, 5.74) is 1.41. The molecular formula is C14H16IN3O. The number of halogens is 1. The molecule has 1 heterocycles. The molecule has 1 N–H and O–H groups in total. The molecule has 0 radical (unpaired) electrons. The Bertz CT molecular complexity index is 513. The average molecular weight is 369 g/mol. The minimum Gasteiger partial charge on any atom is -0.291 e. The van der Waals surface area contributed by atoms with Gasteiger partial charge in [0, 0.05) is 3.92 Å². The summed E-state index contributed by atoms with van der Waals surface area (Å²) >= 11 is 2.28. The van der Waals surface area contributed by atoms with Crippen LogP contribution >= 0.6 is 22.6 Å². The van der Waals surface area contributed by atoms with Crippen molar-refractivity contribution < 1.29 is 4.79 Å². The topological polar surface area (TPSA) is 53.8 Å². The normalized spacial score (nSPS) is 29.6. The van der Waals surface area contributed by atoms with Gasteiger partial charge in [-0.3, -0.25) is 10.1 Å². The van der Waals surface area contributed by atoms with Crippen LogP contribution < -0.4 is 5.32 Å². The molecule has 3 aliphatic rings. The number of hydrogen-bond donors (Lipinski definition) is 1. The van der Waals surface area contributed by atoms with Gasteiger partial charge < -0.3 is 0 Å². The molecule has 4 nitrogen and oxygen atoms in total. The molecule has 0 spiro atoms. The first-order chi connectivity index (χ1) is 9.22. The zero-order chi connectivity index (χ0) is 13.2. The number of carbonyl (C=O) groups is 1. The maximum absolute atomic E-state index is 12.0. The molecule has 0 bridgehead atoms. The number of alkyl halides is 1. The number of aliphatic imine (C=N–C) groups is 2. The number of rotatable bonds is 1. The molecule has 100 valence electrons. The second-order valence-electron chi connectivity index (χ2n) is 5.08. The molecule has 1 unspecified atom stereocenters. The maximum atomic E-state index is 12.0. The van der Waals surface area contributed by atoms with Gasteiger partial charge in [-0.25, -0.2) is 9.98 Å². The highest BCUT2D eigenvalue weighted by Gasteiger charge is 2.25. The van der Waals surface area contributed by atoms with Crippen molar-refractivity contribution in [3.05, 3.63) is 23.8 Å². The van der Waals surface area contributed by atoms with E-state index in [2.05, 4.69) is 37.9 Å². The summed E-state index contributed by atoms with van der Waals surface area (Å²) in [6.07, 6.45) is 11.9. The molecular weight excluding hydrogens is 353 g/mol. The fourth-order valence-corrected chi connectivity index (χ4v) is 3.18. The van der Waals surface area contributed by atoms with E-state index in [1.54, 1.807) is 0 Å². The predicted octanol–water partition coefficient (Wildman–Crippen LogP) is 2.55. The Labute approximate surface area is 126 Å². The van der Waals surface area contributed by atoms with Crippen molar-refractivity contribution >= 4 is 40.2 Å². The molecule has 3 rings (SSSR count). The predicted molar refractivity (Wildman–Crippen MR) is 84.9 cm³/mol. The van der Waals surface area contributed by atoms with E-state index in [1.807, 2.05) is 18.2 Å². The molecule has 1 fully saturated rings. The third kappa shape index (κ3) is 2.96. The van der Waals surface area contributed by atoms with Crippen LogP contribution in [0.25, 0.3) is 0 Å². The number of allylic oxidation sites excluding steroid dienone is 3. The zero-order valence-corrected chi connectivity index (χ0v) is 12.8. The third-order valence-corrected chi connectivity index (χ3v) is 4.39. The van der Waals surface area contributed by atoms with Gasteiger partial charge in [0.05, 0.1) is 17.3 Å². The molecule has 0 aromatic carbocycles. The van der Waals surface area contributed by atoms with E-state index < -0.39 is 0 Å². The van der Waals surface area contributed by atoms with Gasteiger partial charge in [-0.1, -0.05) is 54.0 Å². The van der Waals surface area contributed by atoms with Gasteiger partial charge in [0.15, 0.2) is 0 Å². The summed E-state index contributed by atoms with van der Waals surface area (Å²) < 4.78 is 0.258. The fourth-order valence-electron chi connectivity index (χ4n) is 2.62. The van der Waals surface area contributed by atoms with Crippen molar-refractivity contribution in [3.8, 4) is 0 Å². The molecule has 1 saturated carbocycles. The van der Waals surface area contributed by atoms with Gasteiger partial charge in [-0.05, 0) is 18.9 Å². The van der Waals surface area contributed by atoms with E-state index in [0.717, 1.165) is 18.6 Å². The summed E-state index contributed by atoms with van der Waals surface area (Å²) in [7, 11) is 0. The van der Waals surface area contributed by atoms with Crippen LogP contribution in [0.5, 0.6) is 0 Å². The van der Waals surface area contributed by atoms with Crippen LogP contribution in [0.4, 0.5) is 0 Å². The van der Waals surface area contributed by atoms with Crippen LogP contribution in [0.15, 0.2) is 33.8 Å². The number of nitrogens with one attached hydrogen (secondary N) is 1. The van der Waals surface area contributed by atoms with Crippen molar-refractivity contribution in [1.82, 2.24) is 5.32 Å². The summed E-state index contributed by atoms with van der Waals surface area (Å²) in [6.45, 7) is 0. The first kappa shape index (κ1) is 13.0. The number of carbonyl (C=O) groups excluding carboxylic acids is 1. The molecule has 0 aromatic rings. The van der Waals surface area contributed by atoms with Gasteiger partial charge in [0.2, 0.25) is 5.96 Å². The summed E-state index contributed by atoms with van der Waals surface area (Å²) in [5.74, 6) is 0.409. The van der Waals surface area contributed by atoms with Gasteiger partial charge in [0.25, 0.3) is 5.91 Å². The lowest BCUT2D eigenvalue weighted by Gasteiger charge is -2.22. The van der Waals surface area contributed by atoms with E-state index in [1.165, 1.54) is 19.3 Å². The van der Waals surface area contributed by atoms with Crippen LogP contribution in [0.2, 0.25) is 0 Å². The van der Waals surface area contributed by atoms with E-state index in [0.29, 0.717) is 17.6 Å². The molecule has 1 aliphatic heterocycles. The van der Waals surface area contributed by atoms with Crippen LogP contribution in [-0.4, -0.2) is 27.5 Å². The van der Waals surface area contributed by atoms with E-state index in [9.17, 15) is 4.79 Å². The Morgan fingerprint density at radius 1 is 1.32 bits per heavy atom. The van der Waals surface area contributed by atoms with Crippen molar-refractivity contribution in [1.29, 1.82) is 0 Å². The molecule has 2 aliphatic carbocycles.